The lowest BCUT2D eigenvalue weighted by atomic mass is 10.1. The van der Waals surface area contributed by atoms with E-state index in [1.54, 1.807) is 7.11 Å². The topological polar surface area (TPSA) is 48.9 Å². The maximum atomic E-state index is 5.52. The Morgan fingerprint density at radius 3 is 2.63 bits per heavy atom. The molecule has 1 aliphatic heterocycles. The van der Waals surface area contributed by atoms with Crippen LogP contribution >= 0.6 is 24.0 Å². The highest BCUT2D eigenvalue weighted by molar-refractivity contribution is 14.0. The number of hydrogen-bond donors (Lipinski definition) is 2. The molecule has 2 aromatic carbocycles. The van der Waals surface area contributed by atoms with Crippen molar-refractivity contribution in [2.24, 2.45) is 10.9 Å². The average molecular weight is 522 g/mol. The Balaban J connectivity index is 0.00000320. The number of benzene rings is 2. The van der Waals surface area contributed by atoms with Crippen molar-refractivity contribution in [1.82, 2.24) is 10.6 Å². The van der Waals surface area contributed by atoms with Crippen LogP contribution in [0.1, 0.15) is 25.3 Å². The summed E-state index contributed by atoms with van der Waals surface area (Å²) in [6.07, 6.45) is 3.32. The summed E-state index contributed by atoms with van der Waals surface area (Å²) in [5.41, 5.74) is 2.57. The van der Waals surface area contributed by atoms with Crippen molar-refractivity contribution >= 4 is 35.6 Å². The van der Waals surface area contributed by atoms with E-state index in [1.165, 1.54) is 17.7 Å². The van der Waals surface area contributed by atoms with Gasteiger partial charge in [-0.05, 0) is 49.8 Å². The van der Waals surface area contributed by atoms with Gasteiger partial charge in [0.05, 0.1) is 12.8 Å². The van der Waals surface area contributed by atoms with Gasteiger partial charge in [-0.2, -0.15) is 0 Å². The molecule has 0 amide bonds. The number of nitrogens with zero attached hydrogens (tertiary/aromatic N) is 2. The standard InChI is InChI=1S/C24H34N4O.HI/c1-19(13-14-20-9-5-4-6-10-20)27-24(25-2)26-17-21-15-16-28(18-21)22-11-7-8-12-23(22)29-3;/h4-12,19,21H,13-18H2,1-3H3,(H2,25,26,27);1H. The van der Waals surface area contributed by atoms with Crippen LogP contribution in [-0.2, 0) is 6.42 Å². The van der Waals surface area contributed by atoms with Crippen molar-refractivity contribution < 1.29 is 4.74 Å². The van der Waals surface area contributed by atoms with Crippen LogP contribution in [-0.4, -0.2) is 45.8 Å². The third kappa shape index (κ3) is 7.07. The summed E-state index contributed by atoms with van der Waals surface area (Å²) in [5, 5.41) is 7.05. The van der Waals surface area contributed by atoms with Gasteiger partial charge in [-0.3, -0.25) is 4.99 Å². The highest BCUT2D eigenvalue weighted by atomic mass is 127. The predicted molar refractivity (Wildman–Crippen MR) is 137 cm³/mol. The first-order valence-corrected chi connectivity index (χ1v) is 10.6. The van der Waals surface area contributed by atoms with E-state index in [2.05, 4.69) is 69.9 Å². The second kappa shape index (κ2) is 12.7. The van der Waals surface area contributed by atoms with Crippen molar-refractivity contribution in [1.29, 1.82) is 0 Å². The maximum absolute atomic E-state index is 5.52. The number of halogens is 1. The molecule has 164 valence electrons. The molecular formula is C24H35IN4O. The molecule has 0 aromatic heterocycles. The van der Waals surface area contributed by atoms with Crippen LogP contribution in [0.15, 0.2) is 59.6 Å². The minimum absolute atomic E-state index is 0. The van der Waals surface area contributed by atoms with Gasteiger partial charge in [0.1, 0.15) is 5.75 Å². The summed E-state index contributed by atoms with van der Waals surface area (Å²) < 4.78 is 5.52. The Hall–Kier alpha value is -1.96. The highest BCUT2D eigenvalue weighted by Gasteiger charge is 2.24. The molecule has 2 aromatic rings. The summed E-state index contributed by atoms with van der Waals surface area (Å²) in [6.45, 7) is 5.24. The fraction of sp³-hybridized carbons (Fsp3) is 0.458. The quantitative estimate of drug-likeness (QED) is 0.308. The molecule has 0 spiro atoms. The number of ether oxygens (including phenoxy) is 1. The SMILES string of the molecule is CN=C(NCC1CCN(c2ccccc2OC)C1)NC(C)CCc1ccccc1.I. The average Bonchev–Trinajstić information content (AvgIpc) is 3.24. The molecule has 5 nitrogen and oxygen atoms in total. The molecule has 0 bridgehead atoms. The van der Waals surface area contributed by atoms with E-state index < -0.39 is 0 Å². The molecule has 3 rings (SSSR count). The number of aryl methyl sites for hydroxylation is 1. The largest absolute Gasteiger partial charge is 0.495 e. The molecule has 1 fully saturated rings. The summed E-state index contributed by atoms with van der Waals surface area (Å²) in [6, 6.07) is 19.3. The molecule has 1 heterocycles. The second-order valence-corrected chi connectivity index (χ2v) is 7.80. The van der Waals surface area contributed by atoms with Gasteiger partial charge in [0.2, 0.25) is 0 Å². The molecule has 2 unspecified atom stereocenters. The predicted octanol–water partition coefficient (Wildman–Crippen LogP) is 4.33. The van der Waals surface area contributed by atoms with Crippen LogP contribution in [0.4, 0.5) is 5.69 Å². The lowest BCUT2D eigenvalue weighted by Gasteiger charge is -2.22. The zero-order valence-corrected chi connectivity index (χ0v) is 20.6. The Kier molecular flexibility index (Phi) is 10.3. The van der Waals surface area contributed by atoms with Gasteiger partial charge in [0.25, 0.3) is 0 Å². The van der Waals surface area contributed by atoms with Crippen molar-refractivity contribution in [2.75, 3.05) is 38.7 Å². The van der Waals surface area contributed by atoms with Crippen molar-refractivity contribution in [3.05, 3.63) is 60.2 Å². The summed E-state index contributed by atoms with van der Waals surface area (Å²) in [5.74, 6) is 2.44. The Labute approximate surface area is 198 Å². The number of rotatable bonds is 8. The maximum Gasteiger partial charge on any atom is 0.191 e. The minimum Gasteiger partial charge on any atom is -0.495 e. The Morgan fingerprint density at radius 1 is 1.17 bits per heavy atom. The van der Waals surface area contributed by atoms with E-state index in [0.717, 1.165) is 44.2 Å². The molecular weight excluding hydrogens is 487 g/mol. The van der Waals surface area contributed by atoms with Crippen LogP contribution in [0, 0.1) is 5.92 Å². The van der Waals surface area contributed by atoms with Gasteiger partial charge < -0.3 is 20.3 Å². The van der Waals surface area contributed by atoms with Gasteiger partial charge in [-0.15, -0.1) is 24.0 Å². The second-order valence-electron chi connectivity index (χ2n) is 7.80. The fourth-order valence-electron chi connectivity index (χ4n) is 3.88. The zero-order valence-electron chi connectivity index (χ0n) is 18.3. The number of anilines is 1. The minimum atomic E-state index is 0. The number of guanidine groups is 1. The summed E-state index contributed by atoms with van der Waals surface area (Å²) in [7, 11) is 3.58. The molecule has 1 saturated heterocycles. The van der Waals surface area contributed by atoms with E-state index in [4.69, 9.17) is 4.74 Å². The van der Waals surface area contributed by atoms with Crippen molar-refractivity contribution in [3.63, 3.8) is 0 Å². The van der Waals surface area contributed by atoms with E-state index in [-0.39, 0.29) is 24.0 Å². The van der Waals surface area contributed by atoms with E-state index in [1.807, 2.05) is 19.2 Å². The lowest BCUT2D eigenvalue weighted by Crippen LogP contribution is -2.44. The van der Waals surface area contributed by atoms with Gasteiger partial charge in [-0.25, -0.2) is 0 Å². The number of hydrogen-bond acceptors (Lipinski definition) is 3. The number of aliphatic imine (C=N–C) groups is 1. The molecule has 6 heteroatoms. The third-order valence-corrected chi connectivity index (χ3v) is 5.59. The van der Waals surface area contributed by atoms with Gasteiger partial charge in [0, 0.05) is 32.7 Å². The Bertz CT molecular complexity index is 784. The first kappa shape index (κ1) is 24.3. The van der Waals surface area contributed by atoms with Crippen molar-refractivity contribution in [3.8, 4) is 5.75 Å². The van der Waals surface area contributed by atoms with Crippen LogP contribution in [0.3, 0.4) is 0 Å². The monoisotopic (exact) mass is 522 g/mol. The molecule has 0 aliphatic carbocycles. The number of nitrogens with one attached hydrogen (secondary N) is 2. The molecule has 0 radical (unpaired) electrons. The summed E-state index contributed by atoms with van der Waals surface area (Å²) in [4.78, 5) is 6.83. The zero-order chi connectivity index (χ0) is 20.5. The van der Waals surface area contributed by atoms with Crippen LogP contribution < -0.4 is 20.3 Å². The van der Waals surface area contributed by atoms with Crippen LogP contribution in [0.2, 0.25) is 0 Å². The van der Waals surface area contributed by atoms with Crippen molar-refractivity contribution in [2.45, 2.75) is 32.2 Å². The van der Waals surface area contributed by atoms with Crippen LogP contribution in [0.25, 0.3) is 0 Å². The van der Waals surface area contributed by atoms with E-state index >= 15 is 0 Å². The first-order valence-electron chi connectivity index (χ1n) is 10.6. The first-order chi connectivity index (χ1) is 14.2. The Morgan fingerprint density at radius 2 is 1.90 bits per heavy atom. The molecule has 2 atom stereocenters. The lowest BCUT2D eigenvalue weighted by molar-refractivity contribution is 0.414. The summed E-state index contributed by atoms with van der Waals surface area (Å²) >= 11 is 0. The molecule has 0 saturated carbocycles. The normalized spacial score (nSPS) is 17.2. The third-order valence-electron chi connectivity index (χ3n) is 5.59. The number of methoxy groups -OCH3 is 1. The van der Waals surface area contributed by atoms with E-state index in [9.17, 15) is 0 Å². The fourth-order valence-corrected chi connectivity index (χ4v) is 3.88. The number of para-hydroxylation sites is 2. The van der Waals surface area contributed by atoms with E-state index in [0.29, 0.717) is 12.0 Å². The molecule has 2 N–H and O–H groups in total. The van der Waals surface area contributed by atoms with Gasteiger partial charge >= 0.3 is 0 Å². The molecule has 30 heavy (non-hydrogen) atoms. The van der Waals surface area contributed by atoms with Crippen LogP contribution in [0.5, 0.6) is 5.75 Å². The van der Waals surface area contributed by atoms with Gasteiger partial charge in [0.15, 0.2) is 5.96 Å². The smallest absolute Gasteiger partial charge is 0.191 e. The van der Waals surface area contributed by atoms with Gasteiger partial charge in [-0.1, -0.05) is 42.5 Å². The highest BCUT2D eigenvalue weighted by Crippen LogP contribution is 2.31. The molecule has 1 aliphatic rings.